The Balaban J connectivity index is 2.37. The van der Waals surface area contributed by atoms with E-state index in [9.17, 15) is 0 Å². The van der Waals surface area contributed by atoms with Crippen LogP contribution in [0, 0.1) is 6.92 Å². The molecule has 0 unspecified atom stereocenters. The van der Waals surface area contributed by atoms with E-state index in [0.717, 1.165) is 49.5 Å². The van der Waals surface area contributed by atoms with Crippen LogP contribution in [0.25, 0.3) is 0 Å². The van der Waals surface area contributed by atoms with Gasteiger partial charge in [-0.05, 0) is 31.4 Å². The lowest BCUT2D eigenvalue weighted by Gasteiger charge is -2.12. The van der Waals surface area contributed by atoms with E-state index in [2.05, 4.69) is 17.2 Å². The topological polar surface area (TPSA) is 60.2 Å². The van der Waals surface area contributed by atoms with E-state index in [4.69, 9.17) is 22.7 Å². The van der Waals surface area contributed by atoms with Gasteiger partial charge >= 0.3 is 0 Å². The number of hydrogen-bond acceptors (Lipinski definition) is 4. The molecule has 1 aromatic rings. The zero-order valence-electron chi connectivity index (χ0n) is 11.7. The zero-order valence-corrected chi connectivity index (χ0v) is 12.6. The lowest BCUT2D eigenvalue weighted by Crippen LogP contribution is -2.17. The standard InChI is InChI=1S/C14H23N3OS/c1-3-4-9-18-10-5-7-16-14-12(13(15)19)11(2)6-8-17-14/h6,8H,3-5,7,9-10H2,1-2H3,(H2,15,19)(H,16,17). The number of aryl methyl sites for hydroxylation is 1. The third kappa shape index (κ3) is 5.53. The predicted molar refractivity (Wildman–Crippen MR) is 83.7 cm³/mol. The molecule has 0 aliphatic rings. The van der Waals surface area contributed by atoms with Gasteiger partial charge in [-0.1, -0.05) is 25.6 Å². The van der Waals surface area contributed by atoms with Gasteiger partial charge in [0.05, 0.1) is 5.56 Å². The van der Waals surface area contributed by atoms with E-state index in [0.29, 0.717) is 4.99 Å². The molecule has 106 valence electrons. The Kier molecular flexibility index (Phi) is 7.36. The minimum Gasteiger partial charge on any atom is -0.389 e. The van der Waals surface area contributed by atoms with Crippen LogP contribution in [-0.4, -0.2) is 29.7 Å². The molecule has 0 saturated heterocycles. The third-order valence-corrected chi connectivity index (χ3v) is 3.01. The molecule has 5 heteroatoms. The summed E-state index contributed by atoms with van der Waals surface area (Å²) in [6.07, 6.45) is 4.99. The first-order valence-electron chi connectivity index (χ1n) is 6.73. The highest BCUT2D eigenvalue weighted by Crippen LogP contribution is 2.16. The number of pyridine rings is 1. The summed E-state index contributed by atoms with van der Waals surface area (Å²) < 4.78 is 5.50. The monoisotopic (exact) mass is 281 g/mol. The van der Waals surface area contributed by atoms with Gasteiger partial charge in [-0.25, -0.2) is 4.98 Å². The lowest BCUT2D eigenvalue weighted by atomic mass is 10.1. The Morgan fingerprint density at radius 1 is 1.42 bits per heavy atom. The Morgan fingerprint density at radius 2 is 2.16 bits per heavy atom. The molecule has 0 spiro atoms. The Labute approximate surface area is 120 Å². The molecule has 4 nitrogen and oxygen atoms in total. The van der Waals surface area contributed by atoms with Crippen molar-refractivity contribution in [3.63, 3.8) is 0 Å². The van der Waals surface area contributed by atoms with Crippen molar-refractivity contribution in [2.24, 2.45) is 5.73 Å². The summed E-state index contributed by atoms with van der Waals surface area (Å²) in [4.78, 5) is 4.67. The maximum Gasteiger partial charge on any atom is 0.136 e. The van der Waals surface area contributed by atoms with Gasteiger partial charge in [-0.2, -0.15) is 0 Å². The summed E-state index contributed by atoms with van der Waals surface area (Å²) >= 11 is 5.06. The van der Waals surface area contributed by atoms with E-state index in [-0.39, 0.29) is 0 Å². The van der Waals surface area contributed by atoms with Crippen molar-refractivity contribution in [2.75, 3.05) is 25.1 Å². The molecule has 0 aliphatic heterocycles. The summed E-state index contributed by atoms with van der Waals surface area (Å²) in [7, 11) is 0. The third-order valence-electron chi connectivity index (χ3n) is 2.81. The van der Waals surface area contributed by atoms with Gasteiger partial charge < -0.3 is 15.8 Å². The molecule has 1 rings (SSSR count). The molecule has 0 amide bonds. The smallest absolute Gasteiger partial charge is 0.136 e. The number of nitrogens with one attached hydrogen (secondary N) is 1. The average molecular weight is 281 g/mol. The van der Waals surface area contributed by atoms with Gasteiger partial charge in [-0.15, -0.1) is 0 Å². The van der Waals surface area contributed by atoms with Crippen LogP contribution in [0.5, 0.6) is 0 Å². The van der Waals surface area contributed by atoms with Gasteiger partial charge in [0.25, 0.3) is 0 Å². The fourth-order valence-corrected chi connectivity index (χ4v) is 1.99. The van der Waals surface area contributed by atoms with Crippen LogP contribution < -0.4 is 11.1 Å². The molecule has 1 heterocycles. The highest BCUT2D eigenvalue weighted by Gasteiger charge is 2.08. The molecule has 0 bridgehead atoms. The normalized spacial score (nSPS) is 10.4. The second-order valence-electron chi connectivity index (χ2n) is 4.46. The Bertz CT molecular complexity index is 410. The van der Waals surface area contributed by atoms with Crippen molar-refractivity contribution >= 4 is 23.0 Å². The van der Waals surface area contributed by atoms with Crippen molar-refractivity contribution in [3.05, 3.63) is 23.4 Å². The minimum atomic E-state index is 0.382. The number of ether oxygens (including phenoxy) is 1. The summed E-state index contributed by atoms with van der Waals surface area (Å²) in [5.41, 5.74) is 7.61. The van der Waals surface area contributed by atoms with Gasteiger partial charge in [-0.3, -0.25) is 0 Å². The van der Waals surface area contributed by atoms with Crippen molar-refractivity contribution in [1.82, 2.24) is 4.98 Å². The maximum absolute atomic E-state index is 5.73. The van der Waals surface area contributed by atoms with Crippen LogP contribution in [0.4, 0.5) is 5.82 Å². The molecular weight excluding hydrogens is 258 g/mol. The van der Waals surface area contributed by atoms with Gasteiger partial charge in [0, 0.05) is 26.0 Å². The molecule has 0 saturated carbocycles. The van der Waals surface area contributed by atoms with E-state index < -0.39 is 0 Å². The SMILES string of the molecule is CCCCOCCCNc1nccc(C)c1C(N)=S. The number of nitrogens with two attached hydrogens (primary N) is 1. The summed E-state index contributed by atoms with van der Waals surface area (Å²) in [5, 5.41) is 3.27. The number of aromatic nitrogens is 1. The molecule has 0 aliphatic carbocycles. The molecule has 1 aromatic heterocycles. The second-order valence-corrected chi connectivity index (χ2v) is 4.90. The molecular formula is C14H23N3OS. The predicted octanol–water partition coefficient (Wildman–Crippen LogP) is 2.64. The molecule has 0 atom stereocenters. The molecule has 0 aromatic carbocycles. The van der Waals surface area contributed by atoms with E-state index in [1.807, 2.05) is 13.0 Å². The lowest BCUT2D eigenvalue weighted by molar-refractivity contribution is 0.131. The van der Waals surface area contributed by atoms with Crippen molar-refractivity contribution in [3.8, 4) is 0 Å². The van der Waals surface area contributed by atoms with Gasteiger partial charge in [0.1, 0.15) is 10.8 Å². The molecule has 19 heavy (non-hydrogen) atoms. The summed E-state index contributed by atoms with van der Waals surface area (Å²) in [5.74, 6) is 0.765. The first kappa shape index (κ1) is 15.9. The minimum absolute atomic E-state index is 0.382. The maximum atomic E-state index is 5.73. The van der Waals surface area contributed by atoms with Gasteiger partial charge in [0.2, 0.25) is 0 Å². The summed E-state index contributed by atoms with van der Waals surface area (Å²) in [6.45, 7) is 6.55. The number of anilines is 1. The van der Waals surface area contributed by atoms with E-state index in [1.54, 1.807) is 6.20 Å². The van der Waals surface area contributed by atoms with Crippen LogP contribution in [0.15, 0.2) is 12.3 Å². The first-order valence-corrected chi connectivity index (χ1v) is 7.14. The van der Waals surface area contributed by atoms with Crippen molar-refractivity contribution in [2.45, 2.75) is 33.1 Å². The zero-order chi connectivity index (χ0) is 14.1. The number of thiocarbonyl (C=S) groups is 1. The van der Waals surface area contributed by atoms with Crippen molar-refractivity contribution < 1.29 is 4.74 Å². The average Bonchev–Trinajstić information content (AvgIpc) is 2.37. The Morgan fingerprint density at radius 3 is 2.84 bits per heavy atom. The highest BCUT2D eigenvalue weighted by molar-refractivity contribution is 7.80. The fourth-order valence-electron chi connectivity index (χ4n) is 1.73. The molecule has 0 fully saturated rings. The van der Waals surface area contributed by atoms with E-state index in [1.165, 1.54) is 6.42 Å². The second kappa shape index (κ2) is 8.82. The molecule has 0 radical (unpaired) electrons. The van der Waals surface area contributed by atoms with Crippen LogP contribution in [0.2, 0.25) is 0 Å². The number of hydrogen-bond donors (Lipinski definition) is 2. The van der Waals surface area contributed by atoms with Crippen LogP contribution in [0.1, 0.15) is 37.3 Å². The van der Waals surface area contributed by atoms with Crippen LogP contribution >= 0.6 is 12.2 Å². The Hall–Kier alpha value is -1.20. The largest absolute Gasteiger partial charge is 0.389 e. The highest BCUT2D eigenvalue weighted by atomic mass is 32.1. The van der Waals surface area contributed by atoms with Gasteiger partial charge in [0.15, 0.2) is 0 Å². The quantitative estimate of drug-likeness (QED) is 0.538. The van der Waals surface area contributed by atoms with Crippen LogP contribution in [-0.2, 0) is 4.74 Å². The molecule has 3 N–H and O–H groups in total. The fraction of sp³-hybridized carbons (Fsp3) is 0.571. The number of nitrogens with zero attached hydrogens (tertiary/aromatic N) is 1. The van der Waals surface area contributed by atoms with E-state index >= 15 is 0 Å². The van der Waals surface area contributed by atoms with Crippen LogP contribution in [0.3, 0.4) is 0 Å². The summed E-state index contributed by atoms with van der Waals surface area (Å²) in [6, 6.07) is 1.91. The van der Waals surface area contributed by atoms with Crippen molar-refractivity contribution in [1.29, 1.82) is 0 Å². The number of rotatable bonds is 9. The number of unbranched alkanes of at least 4 members (excludes halogenated alkanes) is 1. The first-order chi connectivity index (χ1) is 9.16.